The lowest BCUT2D eigenvalue weighted by atomic mass is 10.2. The molecule has 0 aliphatic carbocycles. The van der Waals surface area contributed by atoms with Crippen molar-refractivity contribution in [1.29, 1.82) is 0 Å². The Hall–Kier alpha value is -1.67. The number of carbonyl (C=O) groups is 1. The van der Waals surface area contributed by atoms with E-state index in [1.807, 2.05) is 0 Å². The van der Waals surface area contributed by atoms with Crippen LogP contribution in [0.1, 0.15) is 12.8 Å². The molecule has 6 nitrogen and oxygen atoms in total. The standard InChI is InChI=1S/C17H24FN3O3S/c18-14-1-3-16(4-2-14)21-10-8-20(9-11-21)7-5-17(22)19-15-6-12-25(23,24)13-15/h1-4,15H,5-13H2,(H,19,22). The van der Waals surface area contributed by atoms with Gasteiger partial charge in [-0.3, -0.25) is 9.69 Å². The monoisotopic (exact) mass is 369 g/mol. The molecule has 1 aromatic rings. The van der Waals surface area contributed by atoms with E-state index < -0.39 is 9.84 Å². The van der Waals surface area contributed by atoms with E-state index in [2.05, 4.69) is 15.1 Å². The summed E-state index contributed by atoms with van der Waals surface area (Å²) in [5.74, 6) is -0.0789. The molecule has 8 heteroatoms. The molecule has 3 rings (SSSR count). The van der Waals surface area contributed by atoms with E-state index in [1.165, 1.54) is 12.1 Å². The Bertz CT molecular complexity index is 700. The quantitative estimate of drug-likeness (QED) is 0.825. The van der Waals surface area contributed by atoms with Crippen LogP contribution in [0.2, 0.25) is 0 Å². The first-order valence-electron chi connectivity index (χ1n) is 8.64. The lowest BCUT2D eigenvalue weighted by Crippen LogP contribution is -2.47. The molecule has 2 heterocycles. The first-order valence-corrected chi connectivity index (χ1v) is 10.5. The number of carbonyl (C=O) groups excluding carboxylic acids is 1. The summed E-state index contributed by atoms with van der Waals surface area (Å²) in [7, 11) is -2.97. The van der Waals surface area contributed by atoms with Crippen LogP contribution in [0.4, 0.5) is 10.1 Å². The van der Waals surface area contributed by atoms with Gasteiger partial charge in [0.2, 0.25) is 5.91 Å². The number of nitrogens with zero attached hydrogens (tertiary/aromatic N) is 2. The summed E-state index contributed by atoms with van der Waals surface area (Å²) in [6.07, 6.45) is 0.900. The van der Waals surface area contributed by atoms with Crippen LogP contribution in [0.3, 0.4) is 0 Å². The maximum Gasteiger partial charge on any atom is 0.221 e. The number of piperazine rings is 1. The van der Waals surface area contributed by atoms with Crippen molar-refractivity contribution in [2.75, 3.05) is 49.1 Å². The van der Waals surface area contributed by atoms with Crippen LogP contribution in [0.25, 0.3) is 0 Å². The molecule has 0 saturated carbocycles. The predicted octanol–water partition coefficient (Wildman–Crippen LogP) is 0.641. The molecule has 1 N–H and O–H groups in total. The fourth-order valence-corrected chi connectivity index (χ4v) is 5.02. The second-order valence-electron chi connectivity index (χ2n) is 6.72. The number of benzene rings is 1. The molecule has 1 atom stereocenters. The zero-order chi connectivity index (χ0) is 17.9. The summed E-state index contributed by atoms with van der Waals surface area (Å²) in [5.41, 5.74) is 1.02. The Balaban J connectivity index is 1.37. The van der Waals surface area contributed by atoms with E-state index in [0.717, 1.165) is 31.9 Å². The molecular weight excluding hydrogens is 345 g/mol. The molecule has 1 aromatic carbocycles. The third kappa shape index (κ3) is 5.15. The van der Waals surface area contributed by atoms with Crippen LogP contribution in [0.15, 0.2) is 24.3 Å². The van der Waals surface area contributed by atoms with Crippen LogP contribution in [0, 0.1) is 5.82 Å². The molecule has 2 aliphatic heterocycles. The summed E-state index contributed by atoms with van der Waals surface area (Å²) in [6, 6.07) is 6.28. The van der Waals surface area contributed by atoms with Gasteiger partial charge in [0.15, 0.2) is 9.84 Å². The van der Waals surface area contributed by atoms with Gasteiger partial charge in [-0.05, 0) is 30.7 Å². The predicted molar refractivity (Wildman–Crippen MR) is 94.9 cm³/mol. The molecule has 0 bridgehead atoms. The number of nitrogens with one attached hydrogen (secondary N) is 1. The Morgan fingerprint density at radius 2 is 1.84 bits per heavy atom. The van der Waals surface area contributed by atoms with Crippen molar-refractivity contribution in [2.24, 2.45) is 0 Å². The first kappa shape index (κ1) is 18.1. The van der Waals surface area contributed by atoms with E-state index >= 15 is 0 Å². The van der Waals surface area contributed by atoms with Gasteiger partial charge in [-0.25, -0.2) is 12.8 Å². The smallest absolute Gasteiger partial charge is 0.221 e. The number of hydrogen-bond acceptors (Lipinski definition) is 5. The van der Waals surface area contributed by atoms with Gasteiger partial charge in [0.05, 0.1) is 11.5 Å². The molecule has 2 saturated heterocycles. The molecule has 2 aliphatic rings. The lowest BCUT2D eigenvalue weighted by Gasteiger charge is -2.36. The summed E-state index contributed by atoms with van der Waals surface area (Å²) < 4.78 is 35.8. The Kier molecular flexibility index (Phi) is 5.58. The third-order valence-electron chi connectivity index (χ3n) is 4.82. The zero-order valence-electron chi connectivity index (χ0n) is 14.2. The lowest BCUT2D eigenvalue weighted by molar-refractivity contribution is -0.122. The van der Waals surface area contributed by atoms with Crippen LogP contribution in [-0.4, -0.2) is 69.5 Å². The van der Waals surface area contributed by atoms with E-state index in [-0.39, 0.29) is 29.3 Å². The van der Waals surface area contributed by atoms with E-state index in [4.69, 9.17) is 0 Å². The molecule has 1 amide bonds. The minimum atomic E-state index is -2.97. The van der Waals surface area contributed by atoms with Crippen molar-refractivity contribution >= 4 is 21.4 Å². The van der Waals surface area contributed by atoms with Gasteiger partial charge in [0.25, 0.3) is 0 Å². The molecule has 25 heavy (non-hydrogen) atoms. The van der Waals surface area contributed by atoms with Crippen molar-refractivity contribution in [2.45, 2.75) is 18.9 Å². The van der Waals surface area contributed by atoms with Gasteiger partial charge in [-0.1, -0.05) is 0 Å². The average molecular weight is 369 g/mol. The molecule has 0 aromatic heterocycles. The van der Waals surface area contributed by atoms with Crippen LogP contribution in [0.5, 0.6) is 0 Å². The molecule has 0 spiro atoms. The number of anilines is 1. The summed E-state index contributed by atoms with van der Waals surface area (Å²) in [4.78, 5) is 16.4. The molecule has 1 unspecified atom stereocenters. The minimum absolute atomic E-state index is 0.0646. The highest BCUT2D eigenvalue weighted by Gasteiger charge is 2.29. The summed E-state index contributed by atoms with van der Waals surface area (Å²) in [5, 5.41) is 2.82. The van der Waals surface area contributed by atoms with Crippen molar-refractivity contribution in [1.82, 2.24) is 10.2 Å². The fraction of sp³-hybridized carbons (Fsp3) is 0.588. The molecule has 2 fully saturated rings. The second-order valence-corrected chi connectivity index (χ2v) is 8.95. The number of sulfone groups is 1. The maximum absolute atomic E-state index is 13.0. The van der Waals surface area contributed by atoms with Crippen molar-refractivity contribution in [3.05, 3.63) is 30.1 Å². The highest BCUT2D eigenvalue weighted by molar-refractivity contribution is 7.91. The van der Waals surface area contributed by atoms with Crippen LogP contribution < -0.4 is 10.2 Å². The first-order chi connectivity index (χ1) is 11.9. The number of hydrogen-bond donors (Lipinski definition) is 1. The number of rotatable bonds is 5. The molecular formula is C17H24FN3O3S. The van der Waals surface area contributed by atoms with Crippen molar-refractivity contribution < 1.29 is 17.6 Å². The van der Waals surface area contributed by atoms with Crippen molar-refractivity contribution in [3.8, 4) is 0 Å². The average Bonchev–Trinajstić information content (AvgIpc) is 2.93. The van der Waals surface area contributed by atoms with E-state index in [1.54, 1.807) is 12.1 Å². The van der Waals surface area contributed by atoms with Crippen molar-refractivity contribution in [3.63, 3.8) is 0 Å². The topological polar surface area (TPSA) is 69.7 Å². The second kappa shape index (κ2) is 7.70. The molecule has 0 radical (unpaired) electrons. The Morgan fingerprint density at radius 1 is 1.16 bits per heavy atom. The third-order valence-corrected chi connectivity index (χ3v) is 6.58. The van der Waals surface area contributed by atoms with Crippen LogP contribution >= 0.6 is 0 Å². The van der Waals surface area contributed by atoms with Gasteiger partial charge < -0.3 is 10.2 Å². The summed E-state index contributed by atoms with van der Waals surface area (Å²) in [6.45, 7) is 4.05. The van der Waals surface area contributed by atoms with Crippen LogP contribution in [-0.2, 0) is 14.6 Å². The number of amides is 1. The fourth-order valence-electron chi connectivity index (χ4n) is 3.35. The van der Waals surface area contributed by atoms with Gasteiger partial charge in [-0.15, -0.1) is 0 Å². The Labute approximate surface area is 147 Å². The van der Waals surface area contributed by atoms with E-state index in [0.29, 0.717) is 19.4 Å². The van der Waals surface area contributed by atoms with Gasteiger partial charge in [0.1, 0.15) is 5.82 Å². The zero-order valence-corrected chi connectivity index (χ0v) is 15.0. The van der Waals surface area contributed by atoms with E-state index in [9.17, 15) is 17.6 Å². The Morgan fingerprint density at radius 3 is 2.44 bits per heavy atom. The minimum Gasteiger partial charge on any atom is -0.369 e. The maximum atomic E-state index is 13.0. The largest absolute Gasteiger partial charge is 0.369 e. The van der Waals surface area contributed by atoms with Gasteiger partial charge >= 0.3 is 0 Å². The normalized spacial score (nSPS) is 23.6. The number of halogens is 1. The SMILES string of the molecule is O=C(CCN1CCN(c2ccc(F)cc2)CC1)NC1CCS(=O)(=O)C1. The molecule has 138 valence electrons. The summed E-state index contributed by atoms with van der Waals surface area (Å²) >= 11 is 0. The highest BCUT2D eigenvalue weighted by Crippen LogP contribution is 2.17. The van der Waals surface area contributed by atoms with Gasteiger partial charge in [-0.2, -0.15) is 0 Å². The highest BCUT2D eigenvalue weighted by atomic mass is 32.2. The van der Waals surface area contributed by atoms with Gasteiger partial charge in [0, 0.05) is 50.9 Å².